The van der Waals surface area contributed by atoms with Crippen LogP contribution in [-0.4, -0.2) is 81.6 Å². The van der Waals surface area contributed by atoms with E-state index in [1.807, 2.05) is 0 Å². The predicted molar refractivity (Wildman–Crippen MR) is 236 cm³/mol. The first-order valence-corrected chi connectivity index (χ1v) is 27.9. The van der Waals surface area contributed by atoms with Crippen LogP contribution in [0, 0.1) is 0 Å². The van der Waals surface area contributed by atoms with Crippen molar-refractivity contribution in [3.8, 4) is 0 Å². The quantitative estimate of drug-likeness (QED) is 0.0190. The molecule has 0 fully saturated rings. The summed E-state index contributed by atoms with van der Waals surface area (Å²) in [6.07, 6.45) is 30.0. The maximum Gasteiger partial charge on any atom is 0.493 e. The average molecular weight is 860 g/mol. The van der Waals surface area contributed by atoms with Crippen LogP contribution in [0.5, 0.6) is 0 Å². The van der Waals surface area contributed by atoms with Crippen molar-refractivity contribution in [3.63, 3.8) is 0 Å². The molecule has 0 aromatic rings. The summed E-state index contributed by atoms with van der Waals surface area (Å²) in [5, 5.41) is 10.9. The minimum absolute atomic E-state index is 0.589. The maximum atomic E-state index is 8.44. The molecule has 0 saturated carbocycles. The number of azide groups is 3. The van der Waals surface area contributed by atoms with Gasteiger partial charge in [-0.2, -0.15) is 0 Å². The molecule has 0 rings (SSSR count). The van der Waals surface area contributed by atoms with Crippen LogP contribution in [0.4, 0.5) is 0 Å². The molecule has 0 spiro atoms. The fourth-order valence-electron chi connectivity index (χ4n) is 7.04. The zero-order valence-electron chi connectivity index (χ0n) is 36.7. The van der Waals surface area contributed by atoms with Gasteiger partial charge in [-0.1, -0.05) is 150 Å². The molecule has 0 atom stereocenters. The van der Waals surface area contributed by atoms with Crippen LogP contribution in [0.25, 0.3) is 31.3 Å². The molecule has 0 bridgehead atoms. The standard InChI is InChI=1S/C38H81N9O7Si3/c1-48-55(49-2,36-30-24-18-12-6-9-15-21-27-33-42-45-39)53-57(52-5,38-32-26-20-14-8-11-17-23-29-35-44-47-41)54-56(50-3,51-4)37-31-25-19-13-7-10-16-22-28-34-43-46-40/h6-38H2,1-5H3. The Labute approximate surface area is 349 Å². The molecule has 0 saturated heterocycles. The van der Waals surface area contributed by atoms with E-state index in [4.69, 9.17) is 47.0 Å². The Morgan fingerprint density at radius 2 is 0.491 bits per heavy atom. The van der Waals surface area contributed by atoms with Crippen molar-refractivity contribution >= 4 is 26.4 Å². The summed E-state index contributed by atoms with van der Waals surface area (Å²) in [5.41, 5.74) is 25.3. The minimum Gasteiger partial charge on any atom is -0.378 e. The summed E-state index contributed by atoms with van der Waals surface area (Å²) < 4.78 is 45.0. The fourth-order valence-corrected chi connectivity index (χ4v) is 18.4. The highest BCUT2D eigenvalue weighted by molar-refractivity contribution is 6.80. The van der Waals surface area contributed by atoms with Gasteiger partial charge in [-0.25, -0.2) is 0 Å². The van der Waals surface area contributed by atoms with Crippen LogP contribution in [0.2, 0.25) is 18.1 Å². The zero-order chi connectivity index (χ0) is 42.0. The van der Waals surface area contributed by atoms with Gasteiger partial charge in [-0.05, 0) is 55.1 Å². The van der Waals surface area contributed by atoms with Crippen LogP contribution in [0.15, 0.2) is 15.3 Å². The second-order valence-electron chi connectivity index (χ2n) is 14.9. The first kappa shape index (κ1) is 55.3. The SMILES string of the molecule is CO[Si](CCCCCCCCCCCN=[N+]=[N-])(OC)O[Si](CCCCCCCCCCCN=[N+]=[N-])(OC)O[Si](CCCCCCCCCCCN=[N+]=[N-])(OC)OC. The van der Waals surface area contributed by atoms with Gasteiger partial charge < -0.3 is 30.4 Å². The van der Waals surface area contributed by atoms with Crippen molar-refractivity contribution in [2.45, 2.75) is 191 Å². The van der Waals surface area contributed by atoms with Gasteiger partial charge in [0.15, 0.2) is 0 Å². The summed E-state index contributed by atoms with van der Waals surface area (Å²) >= 11 is 0. The van der Waals surface area contributed by atoms with Crippen LogP contribution >= 0.6 is 0 Å². The largest absolute Gasteiger partial charge is 0.493 e. The van der Waals surface area contributed by atoms with Gasteiger partial charge in [-0.15, -0.1) is 0 Å². The number of nitrogens with zero attached hydrogens (tertiary/aromatic N) is 9. The number of unbranched alkanes of at least 4 members (excludes halogenated alkanes) is 24. The molecule has 0 aromatic heterocycles. The Morgan fingerprint density at radius 3 is 0.702 bits per heavy atom. The van der Waals surface area contributed by atoms with E-state index in [-0.39, 0.29) is 0 Å². The molecule has 16 nitrogen and oxygen atoms in total. The second kappa shape index (κ2) is 39.7. The highest BCUT2D eigenvalue weighted by Crippen LogP contribution is 2.33. The summed E-state index contributed by atoms with van der Waals surface area (Å²) in [5.74, 6) is 0. The molecule has 332 valence electrons. The lowest BCUT2D eigenvalue weighted by Gasteiger charge is -2.41. The van der Waals surface area contributed by atoms with E-state index < -0.39 is 26.4 Å². The number of hydrogen-bond donors (Lipinski definition) is 0. The van der Waals surface area contributed by atoms with E-state index >= 15 is 0 Å². The van der Waals surface area contributed by atoms with Gasteiger partial charge in [0, 0.05) is 88.1 Å². The third-order valence-corrected chi connectivity index (χ3v) is 21.6. The van der Waals surface area contributed by atoms with Crippen molar-refractivity contribution in [1.82, 2.24) is 0 Å². The lowest BCUT2D eigenvalue weighted by Crippen LogP contribution is -2.63. The Bertz CT molecular complexity index is 1020. The van der Waals surface area contributed by atoms with Gasteiger partial charge in [-0.3, -0.25) is 0 Å². The van der Waals surface area contributed by atoms with Crippen LogP contribution in [-0.2, 0) is 30.4 Å². The molecule has 19 heteroatoms. The Morgan fingerprint density at radius 1 is 0.298 bits per heavy atom. The third-order valence-electron chi connectivity index (χ3n) is 10.6. The molecular weight excluding hydrogens is 779 g/mol. The second-order valence-corrected chi connectivity index (χ2v) is 24.2. The van der Waals surface area contributed by atoms with Crippen LogP contribution in [0.3, 0.4) is 0 Å². The Balaban J connectivity index is 5.34. The monoisotopic (exact) mass is 860 g/mol. The van der Waals surface area contributed by atoms with Crippen molar-refractivity contribution < 1.29 is 30.4 Å². The first-order chi connectivity index (χ1) is 27.9. The van der Waals surface area contributed by atoms with E-state index in [1.165, 1.54) is 77.0 Å². The van der Waals surface area contributed by atoms with E-state index in [1.54, 1.807) is 35.5 Å². The van der Waals surface area contributed by atoms with Gasteiger partial charge in [0.2, 0.25) is 0 Å². The first-order valence-electron chi connectivity index (χ1n) is 22.1. The van der Waals surface area contributed by atoms with Crippen molar-refractivity contribution in [2.75, 3.05) is 55.2 Å². The van der Waals surface area contributed by atoms with E-state index in [0.29, 0.717) is 37.8 Å². The number of rotatable bonds is 45. The Hall–Kier alpha value is -1.70. The summed E-state index contributed by atoms with van der Waals surface area (Å²) in [6, 6.07) is 2.01. The van der Waals surface area contributed by atoms with Crippen molar-refractivity contribution in [1.29, 1.82) is 0 Å². The zero-order valence-corrected chi connectivity index (χ0v) is 39.7. The van der Waals surface area contributed by atoms with Gasteiger partial charge in [0.25, 0.3) is 0 Å². The summed E-state index contributed by atoms with van der Waals surface area (Å²) in [7, 11) is -1.27. The molecule has 57 heavy (non-hydrogen) atoms. The highest BCUT2D eigenvalue weighted by Gasteiger charge is 2.57. The molecule has 0 aliphatic heterocycles. The molecular formula is C38H81N9O7Si3. The molecule has 0 heterocycles. The average Bonchev–Trinajstić information content (AvgIpc) is 3.23. The molecule has 0 unspecified atom stereocenters. The van der Waals surface area contributed by atoms with Gasteiger partial charge >= 0.3 is 26.4 Å². The fraction of sp³-hybridized carbons (Fsp3) is 1.00. The molecule has 0 aliphatic rings. The van der Waals surface area contributed by atoms with E-state index in [2.05, 4.69) is 30.1 Å². The Kier molecular flexibility index (Phi) is 38.6. The molecule has 0 amide bonds. The molecule has 0 aromatic carbocycles. The molecule has 0 radical (unpaired) electrons. The lowest BCUT2D eigenvalue weighted by atomic mass is 10.1. The number of hydrogen-bond acceptors (Lipinski definition) is 10. The van der Waals surface area contributed by atoms with E-state index in [0.717, 1.165) is 96.3 Å². The predicted octanol–water partition coefficient (Wildman–Crippen LogP) is 13.5. The van der Waals surface area contributed by atoms with Crippen LogP contribution in [0.1, 0.15) is 173 Å². The molecule has 0 aliphatic carbocycles. The smallest absolute Gasteiger partial charge is 0.378 e. The third kappa shape index (κ3) is 30.1. The van der Waals surface area contributed by atoms with Crippen molar-refractivity contribution in [3.05, 3.63) is 31.3 Å². The van der Waals surface area contributed by atoms with E-state index in [9.17, 15) is 0 Å². The van der Waals surface area contributed by atoms with Crippen LogP contribution < -0.4 is 0 Å². The molecule has 0 N–H and O–H groups in total. The minimum atomic E-state index is -3.39. The normalized spacial score (nSPS) is 12.8. The summed E-state index contributed by atoms with van der Waals surface area (Å²) in [4.78, 5) is 8.47. The maximum absolute atomic E-state index is 8.44. The lowest BCUT2D eigenvalue weighted by molar-refractivity contribution is 0.0692. The van der Waals surface area contributed by atoms with Gasteiger partial charge in [0.1, 0.15) is 0 Å². The van der Waals surface area contributed by atoms with Crippen molar-refractivity contribution in [2.24, 2.45) is 15.3 Å². The topological polar surface area (TPSA) is 211 Å². The van der Waals surface area contributed by atoms with Gasteiger partial charge in [0.05, 0.1) is 0 Å². The summed E-state index contributed by atoms with van der Waals surface area (Å²) in [6.45, 7) is 1.78. The highest BCUT2D eigenvalue weighted by atomic mass is 28.5.